The predicted octanol–water partition coefficient (Wildman–Crippen LogP) is 1.96. The van der Waals surface area contributed by atoms with Crippen molar-refractivity contribution >= 4 is 0 Å². The summed E-state index contributed by atoms with van der Waals surface area (Å²) in [7, 11) is 0. The lowest BCUT2D eigenvalue weighted by Crippen LogP contribution is -2.44. The van der Waals surface area contributed by atoms with E-state index in [9.17, 15) is 5.11 Å². The molecular formula is C15H30N2O. The molecule has 106 valence electrons. The lowest BCUT2D eigenvalue weighted by atomic mass is 9.94. The third kappa shape index (κ3) is 4.22. The Morgan fingerprint density at radius 2 is 1.83 bits per heavy atom. The summed E-state index contributed by atoms with van der Waals surface area (Å²) < 4.78 is 0. The van der Waals surface area contributed by atoms with Crippen LogP contribution in [-0.4, -0.2) is 60.3 Å². The number of aliphatic hydroxyl groups is 1. The Morgan fingerprint density at radius 1 is 1.06 bits per heavy atom. The number of hydrogen-bond acceptors (Lipinski definition) is 3. The minimum atomic E-state index is 0.370. The molecule has 18 heavy (non-hydrogen) atoms. The van der Waals surface area contributed by atoms with Gasteiger partial charge in [0, 0.05) is 19.2 Å². The van der Waals surface area contributed by atoms with Crippen LogP contribution in [0.15, 0.2) is 0 Å². The molecule has 0 bridgehead atoms. The summed E-state index contributed by atoms with van der Waals surface area (Å²) in [5.41, 5.74) is 0. The second-order valence-corrected chi connectivity index (χ2v) is 6.23. The van der Waals surface area contributed by atoms with Gasteiger partial charge in [-0.2, -0.15) is 0 Å². The summed E-state index contributed by atoms with van der Waals surface area (Å²) in [5.74, 6) is 0.524. The van der Waals surface area contributed by atoms with Crippen LogP contribution >= 0.6 is 0 Å². The molecule has 0 aromatic heterocycles. The Labute approximate surface area is 112 Å². The molecule has 0 aliphatic carbocycles. The standard InChI is InChI=1S/C15H30N2O/c1-14-6-7-15(13-18)12-17(14)11-5-10-16-8-3-2-4-9-16/h14-15,18H,2-13H2,1H3/t14-,15-/m0/s1. The van der Waals surface area contributed by atoms with Crippen molar-refractivity contribution in [2.45, 2.75) is 51.5 Å². The van der Waals surface area contributed by atoms with E-state index in [2.05, 4.69) is 16.7 Å². The smallest absolute Gasteiger partial charge is 0.0471 e. The van der Waals surface area contributed by atoms with E-state index in [0.29, 0.717) is 18.6 Å². The first-order valence-electron chi connectivity index (χ1n) is 7.87. The number of hydrogen-bond donors (Lipinski definition) is 1. The van der Waals surface area contributed by atoms with Gasteiger partial charge in [0.15, 0.2) is 0 Å². The third-order valence-electron chi connectivity index (χ3n) is 4.74. The average molecular weight is 254 g/mol. The largest absolute Gasteiger partial charge is 0.396 e. The van der Waals surface area contributed by atoms with Gasteiger partial charge < -0.3 is 14.9 Å². The SMILES string of the molecule is C[C@H]1CC[C@H](CO)CN1CCCN1CCCCC1. The first kappa shape index (κ1) is 14.3. The molecule has 2 heterocycles. The maximum Gasteiger partial charge on any atom is 0.0471 e. The molecule has 2 aliphatic rings. The first-order valence-corrected chi connectivity index (χ1v) is 7.87. The van der Waals surface area contributed by atoms with Crippen molar-refractivity contribution in [2.24, 2.45) is 5.92 Å². The highest BCUT2D eigenvalue weighted by Gasteiger charge is 2.24. The monoisotopic (exact) mass is 254 g/mol. The predicted molar refractivity (Wildman–Crippen MR) is 75.8 cm³/mol. The summed E-state index contributed by atoms with van der Waals surface area (Å²) in [6.07, 6.45) is 7.98. The van der Waals surface area contributed by atoms with Crippen LogP contribution in [-0.2, 0) is 0 Å². The fourth-order valence-electron chi connectivity index (χ4n) is 3.40. The fourth-order valence-corrected chi connectivity index (χ4v) is 3.40. The molecule has 0 radical (unpaired) electrons. The molecule has 2 saturated heterocycles. The number of aliphatic hydroxyl groups excluding tert-OH is 1. The first-order chi connectivity index (χ1) is 8.79. The Bertz CT molecular complexity index is 229. The highest BCUT2D eigenvalue weighted by molar-refractivity contribution is 4.79. The summed E-state index contributed by atoms with van der Waals surface area (Å²) in [4.78, 5) is 5.22. The van der Waals surface area contributed by atoms with E-state index in [1.807, 2.05) is 0 Å². The van der Waals surface area contributed by atoms with Crippen LogP contribution in [0.4, 0.5) is 0 Å². The van der Waals surface area contributed by atoms with Gasteiger partial charge in [-0.3, -0.25) is 0 Å². The van der Waals surface area contributed by atoms with Gasteiger partial charge in [-0.1, -0.05) is 6.42 Å². The quantitative estimate of drug-likeness (QED) is 0.812. The van der Waals surface area contributed by atoms with Crippen LogP contribution in [0.25, 0.3) is 0 Å². The number of rotatable bonds is 5. The zero-order valence-corrected chi connectivity index (χ0v) is 12.0. The van der Waals surface area contributed by atoms with Crippen LogP contribution in [0.2, 0.25) is 0 Å². The normalized spacial score (nSPS) is 31.7. The molecule has 3 heteroatoms. The van der Waals surface area contributed by atoms with Crippen molar-refractivity contribution in [1.29, 1.82) is 0 Å². The Balaban J connectivity index is 1.64. The van der Waals surface area contributed by atoms with E-state index in [4.69, 9.17) is 0 Å². The van der Waals surface area contributed by atoms with Crippen molar-refractivity contribution in [3.63, 3.8) is 0 Å². The maximum absolute atomic E-state index is 9.29. The molecule has 0 amide bonds. The van der Waals surface area contributed by atoms with Gasteiger partial charge in [0.1, 0.15) is 0 Å². The highest BCUT2D eigenvalue weighted by Crippen LogP contribution is 2.21. The lowest BCUT2D eigenvalue weighted by molar-refractivity contribution is 0.0781. The summed E-state index contributed by atoms with van der Waals surface area (Å²) in [5, 5.41) is 9.29. The van der Waals surface area contributed by atoms with Crippen LogP contribution in [0, 0.1) is 5.92 Å². The van der Waals surface area contributed by atoms with E-state index in [1.165, 1.54) is 64.7 Å². The number of piperidine rings is 2. The number of likely N-dealkylation sites (tertiary alicyclic amines) is 2. The molecule has 1 N–H and O–H groups in total. The minimum absolute atomic E-state index is 0.370. The van der Waals surface area contributed by atoms with Crippen molar-refractivity contribution in [3.05, 3.63) is 0 Å². The van der Waals surface area contributed by atoms with Gasteiger partial charge in [0.05, 0.1) is 0 Å². The Morgan fingerprint density at radius 3 is 2.56 bits per heavy atom. The van der Waals surface area contributed by atoms with E-state index < -0.39 is 0 Å². The third-order valence-corrected chi connectivity index (χ3v) is 4.74. The van der Waals surface area contributed by atoms with Gasteiger partial charge in [-0.05, 0) is 71.1 Å². The topological polar surface area (TPSA) is 26.7 Å². The van der Waals surface area contributed by atoms with Crippen molar-refractivity contribution in [3.8, 4) is 0 Å². The molecular weight excluding hydrogens is 224 g/mol. The highest BCUT2D eigenvalue weighted by atomic mass is 16.3. The molecule has 0 spiro atoms. The van der Waals surface area contributed by atoms with Crippen LogP contribution < -0.4 is 0 Å². The zero-order chi connectivity index (χ0) is 12.8. The molecule has 0 unspecified atom stereocenters. The van der Waals surface area contributed by atoms with Crippen LogP contribution in [0.5, 0.6) is 0 Å². The zero-order valence-electron chi connectivity index (χ0n) is 12.0. The van der Waals surface area contributed by atoms with E-state index >= 15 is 0 Å². The average Bonchev–Trinajstić information content (AvgIpc) is 2.42. The molecule has 2 aliphatic heterocycles. The van der Waals surface area contributed by atoms with E-state index in [-0.39, 0.29) is 0 Å². The van der Waals surface area contributed by atoms with Gasteiger partial charge in [-0.25, -0.2) is 0 Å². The summed E-state index contributed by atoms with van der Waals surface area (Å²) in [6.45, 7) is 8.94. The number of nitrogens with zero attached hydrogens (tertiary/aromatic N) is 2. The summed E-state index contributed by atoms with van der Waals surface area (Å²) >= 11 is 0. The molecule has 2 atom stereocenters. The van der Waals surface area contributed by atoms with Crippen LogP contribution in [0.1, 0.15) is 45.4 Å². The van der Waals surface area contributed by atoms with Gasteiger partial charge in [-0.15, -0.1) is 0 Å². The maximum atomic E-state index is 9.29. The minimum Gasteiger partial charge on any atom is -0.396 e. The molecule has 2 rings (SSSR count). The van der Waals surface area contributed by atoms with E-state index in [1.54, 1.807) is 0 Å². The van der Waals surface area contributed by atoms with E-state index in [0.717, 1.165) is 6.54 Å². The second-order valence-electron chi connectivity index (χ2n) is 6.23. The van der Waals surface area contributed by atoms with Gasteiger partial charge in [0.25, 0.3) is 0 Å². The Hall–Kier alpha value is -0.120. The Kier molecular flexibility index (Phi) is 5.93. The molecule has 3 nitrogen and oxygen atoms in total. The van der Waals surface area contributed by atoms with Gasteiger partial charge in [0.2, 0.25) is 0 Å². The fraction of sp³-hybridized carbons (Fsp3) is 1.00. The van der Waals surface area contributed by atoms with Gasteiger partial charge >= 0.3 is 0 Å². The molecule has 0 saturated carbocycles. The summed E-state index contributed by atoms with van der Waals surface area (Å²) in [6, 6.07) is 0.717. The van der Waals surface area contributed by atoms with Crippen LogP contribution in [0.3, 0.4) is 0 Å². The van der Waals surface area contributed by atoms with Crippen molar-refractivity contribution in [2.75, 3.05) is 39.3 Å². The van der Waals surface area contributed by atoms with Crippen molar-refractivity contribution < 1.29 is 5.11 Å². The lowest BCUT2D eigenvalue weighted by Gasteiger charge is -2.38. The molecule has 2 fully saturated rings. The molecule has 0 aromatic rings. The second kappa shape index (κ2) is 7.46. The van der Waals surface area contributed by atoms with Crippen molar-refractivity contribution in [1.82, 2.24) is 9.80 Å². The molecule has 0 aromatic carbocycles.